The van der Waals surface area contributed by atoms with E-state index in [1.165, 1.54) is 12.1 Å². The monoisotopic (exact) mass is 221 g/mol. The Morgan fingerprint density at radius 1 is 1.38 bits per heavy atom. The van der Waals surface area contributed by atoms with Crippen molar-refractivity contribution in [3.8, 4) is 0 Å². The largest absolute Gasteiger partial charge is 0.481 e. The molecule has 0 heterocycles. The number of hydrogen-bond donors (Lipinski definition) is 2. The van der Waals surface area contributed by atoms with Gasteiger partial charge >= 0.3 is 5.97 Å². The van der Waals surface area contributed by atoms with Gasteiger partial charge in [-0.3, -0.25) is 4.79 Å². The van der Waals surface area contributed by atoms with E-state index in [0.29, 0.717) is 19.3 Å². The SMILES string of the molecule is O=C(O)C12CC(Nc3cccc(F)c3)(C1)C2. The van der Waals surface area contributed by atoms with Gasteiger partial charge in [0.25, 0.3) is 0 Å². The van der Waals surface area contributed by atoms with Gasteiger partial charge in [0, 0.05) is 11.2 Å². The number of carboxylic acid groups (broad SMARTS) is 1. The van der Waals surface area contributed by atoms with Crippen molar-refractivity contribution in [1.29, 1.82) is 0 Å². The maximum absolute atomic E-state index is 12.9. The lowest BCUT2D eigenvalue weighted by atomic mass is 9.39. The van der Waals surface area contributed by atoms with Crippen LogP contribution in [0.1, 0.15) is 19.3 Å². The number of rotatable bonds is 3. The summed E-state index contributed by atoms with van der Waals surface area (Å²) in [6.07, 6.45) is 1.98. The third-order valence-corrected chi connectivity index (χ3v) is 3.72. The van der Waals surface area contributed by atoms with Crippen molar-refractivity contribution in [3.63, 3.8) is 0 Å². The van der Waals surface area contributed by atoms with E-state index in [0.717, 1.165) is 5.69 Å². The summed E-state index contributed by atoms with van der Waals surface area (Å²) in [5, 5.41) is 12.2. The van der Waals surface area contributed by atoms with Gasteiger partial charge in [0.2, 0.25) is 0 Å². The van der Waals surface area contributed by atoms with Crippen molar-refractivity contribution in [2.75, 3.05) is 5.32 Å². The number of aliphatic carboxylic acids is 1. The molecule has 2 bridgehead atoms. The second-order valence-corrected chi connectivity index (χ2v) is 5.03. The smallest absolute Gasteiger partial charge is 0.309 e. The first-order chi connectivity index (χ1) is 7.54. The molecular weight excluding hydrogens is 209 g/mol. The van der Waals surface area contributed by atoms with Crippen molar-refractivity contribution in [1.82, 2.24) is 0 Å². The Hall–Kier alpha value is -1.58. The molecule has 0 aliphatic heterocycles. The van der Waals surface area contributed by atoms with E-state index in [4.69, 9.17) is 5.11 Å². The standard InChI is InChI=1S/C12H12FNO2/c13-8-2-1-3-9(4-8)14-12-5-11(6-12,7-12)10(15)16/h1-4,14H,5-7H2,(H,15,16). The molecule has 2 N–H and O–H groups in total. The van der Waals surface area contributed by atoms with Crippen LogP contribution in [0.3, 0.4) is 0 Å². The zero-order valence-electron chi connectivity index (χ0n) is 8.66. The Morgan fingerprint density at radius 2 is 2.06 bits per heavy atom. The summed E-state index contributed by atoms with van der Waals surface area (Å²) < 4.78 is 12.9. The number of benzene rings is 1. The minimum absolute atomic E-state index is 0.0911. The minimum atomic E-state index is -0.699. The number of halogens is 1. The molecule has 0 unspecified atom stereocenters. The predicted molar refractivity (Wildman–Crippen MR) is 56.7 cm³/mol. The molecule has 0 aromatic heterocycles. The topological polar surface area (TPSA) is 49.3 Å². The molecule has 3 aliphatic rings. The average Bonchev–Trinajstić information content (AvgIpc) is 2.08. The van der Waals surface area contributed by atoms with E-state index in [1.807, 2.05) is 0 Å². The van der Waals surface area contributed by atoms with Crippen LogP contribution in [0.4, 0.5) is 10.1 Å². The summed E-state index contributed by atoms with van der Waals surface area (Å²) in [6.45, 7) is 0. The molecule has 3 nitrogen and oxygen atoms in total. The molecule has 3 saturated carbocycles. The van der Waals surface area contributed by atoms with Crippen LogP contribution in [0.5, 0.6) is 0 Å². The van der Waals surface area contributed by atoms with Gasteiger partial charge in [0.05, 0.1) is 5.41 Å². The first kappa shape index (κ1) is 9.63. The second kappa shape index (κ2) is 2.75. The minimum Gasteiger partial charge on any atom is -0.481 e. The number of anilines is 1. The van der Waals surface area contributed by atoms with E-state index in [-0.39, 0.29) is 11.4 Å². The molecule has 84 valence electrons. The molecule has 3 fully saturated rings. The molecule has 1 aromatic carbocycles. The van der Waals surface area contributed by atoms with Gasteiger partial charge in [-0.05, 0) is 37.5 Å². The Bertz CT molecular complexity index is 452. The summed E-state index contributed by atoms with van der Waals surface area (Å²) in [5.74, 6) is -0.972. The Morgan fingerprint density at radius 3 is 2.62 bits per heavy atom. The van der Waals surface area contributed by atoms with Gasteiger partial charge in [-0.15, -0.1) is 0 Å². The maximum Gasteiger partial charge on any atom is 0.309 e. The van der Waals surface area contributed by atoms with Crippen molar-refractivity contribution in [2.45, 2.75) is 24.8 Å². The normalized spacial score (nSPS) is 34.8. The van der Waals surface area contributed by atoms with E-state index in [2.05, 4.69) is 5.32 Å². The van der Waals surface area contributed by atoms with Crippen molar-refractivity contribution < 1.29 is 14.3 Å². The fourth-order valence-corrected chi connectivity index (χ4v) is 3.02. The van der Waals surface area contributed by atoms with E-state index >= 15 is 0 Å². The molecule has 0 radical (unpaired) electrons. The van der Waals surface area contributed by atoms with Crippen molar-refractivity contribution in [3.05, 3.63) is 30.1 Å². The molecule has 16 heavy (non-hydrogen) atoms. The van der Waals surface area contributed by atoms with E-state index < -0.39 is 11.4 Å². The molecule has 3 aliphatic carbocycles. The summed E-state index contributed by atoms with van der Waals surface area (Å²) in [6, 6.07) is 6.28. The molecule has 0 amide bonds. The Labute approximate surface area is 92.3 Å². The van der Waals surface area contributed by atoms with Crippen LogP contribution in [0, 0.1) is 11.2 Å². The van der Waals surface area contributed by atoms with Gasteiger partial charge < -0.3 is 10.4 Å². The number of carbonyl (C=O) groups is 1. The number of carboxylic acids is 1. The van der Waals surface area contributed by atoms with Crippen LogP contribution in [-0.4, -0.2) is 16.6 Å². The van der Waals surface area contributed by atoms with Crippen LogP contribution in [0.25, 0.3) is 0 Å². The first-order valence-corrected chi connectivity index (χ1v) is 5.31. The lowest BCUT2D eigenvalue weighted by Crippen LogP contribution is -2.73. The van der Waals surface area contributed by atoms with Crippen molar-refractivity contribution >= 4 is 11.7 Å². The average molecular weight is 221 g/mol. The molecule has 0 spiro atoms. The highest BCUT2D eigenvalue weighted by atomic mass is 19.1. The lowest BCUT2D eigenvalue weighted by molar-refractivity contribution is -0.186. The second-order valence-electron chi connectivity index (χ2n) is 5.03. The quantitative estimate of drug-likeness (QED) is 0.823. The molecule has 4 heteroatoms. The summed E-state index contributed by atoms with van der Waals surface area (Å²) in [7, 11) is 0. The van der Waals surface area contributed by atoms with Crippen LogP contribution >= 0.6 is 0 Å². The third-order valence-electron chi connectivity index (χ3n) is 3.72. The molecule has 1 aromatic rings. The van der Waals surface area contributed by atoms with Crippen LogP contribution in [0.15, 0.2) is 24.3 Å². The molecular formula is C12H12FNO2. The molecule has 0 atom stereocenters. The fourth-order valence-electron chi connectivity index (χ4n) is 3.02. The highest BCUT2D eigenvalue weighted by molar-refractivity contribution is 5.81. The summed E-state index contributed by atoms with van der Waals surface area (Å²) in [5.41, 5.74) is 0.158. The predicted octanol–water partition coefficient (Wildman–Crippen LogP) is 2.24. The van der Waals surface area contributed by atoms with Gasteiger partial charge in [-0.1, -0.05) is 6.07 Å². The van der Waals surface area contributed by atoms with E-state index in [1.54, 1.807) is 12.1 Å². The van der Waals surface area contributed by atoms with Crippen LogP contribution in [0.2, 0.25) is 0 Å². The van der Waals surface area contributed by atoms with Gasteiger partial charge in [-0.2, -0.15) is 0 Å². The Kier molecular flexibility index (Phi) is 1.66. The van der Waals surface area contributed by atoms with Gasteiger partial charge in [-0.25, -0.2) is 4.39 Å². The highest BCUT2D eigenvalue weighted by Gasteiger charge is 2.72. The zero-order chi connectivity index (χ0) is 11.4. The highest BCUT2D eigenvalue weighted by Crippen LogP contribution is 2.68. The summed E-state index contributed by atoms with van der Waals surface area (Å²) in [4.78, 5) is 10.9. The Balaban J connectivity index is 1.69. The van der Waals surface area contributed by atoms with Crippen LogP contribution < -0.4 is 5.32 Å². The maximum atomic E-state index is 12.9. The number of hydrogen-bond acceptors (Lipinski definition) is 2. The lowest BCUT2D eigenvalue weighted by Gasteiger charge is -2.68. The number of nitrogens with one attached hydrogen (secondary N) is 1. The zero-order valence-corrected chi connectivity index (χ0v) is 8.66. The fraction of sp³-hybridized carbons (Fsp3) is 0.417. The summed E-state index contributed by atoms with van der Waals surface area (Å²) >= 11 is 0. The van der Waals surface area contributed by atoms with Gasteiger partial charge in [0.15, 0.2) is 0 Å². The van der Waals surface area contributed by atoms with E-state index in [9.17, 15) is 9.18 Å². The first-order valence-electron chi connectivity index (χ1n) is 5.31. The van der Waals surface area contributed by atoms with Crippen LogP contribution in [-0.2, 0) is 4.79 Å². The van der Waals surface area contributed by atoms with Crippen molar-refractivity contribution in [2.24, 2.45) is 5.41 Å². The molecule has 4 rings (SSSR count). The molecule has 0 saturated heterocycles. The van der Waals surface area contributed by atoms with Gasteiger partial charge in [0.1, 0.15) is 5.82 Å². The third kappa shape index (κ3) is 1.16.